The second-order valence-electron chi connectivity index (χ2n) is 4.72. The van der Waals surface area contributed by atoms with Crippen LogP contribution in [0.25, 0.3) is 0 Å². The predicted octanol–water partition coefficient (Wildman–Crippen LogP) is 4.38. The van der Waals surface area contributed by atoms with Crippen LogP contribution in [-0.2, 0) is 0 Å². The summed E-state index contributed by atoms with van der Waals surface area (Å²) in [4.78, 5) is 0. The first-order valence-electron chi connectivity index (χ1n) is 6.49. The second kappa shape index (κ2) is 7.09. The van der Waals surface area contributed by atoms with E-state index < -0.39 is 6.10 Å². The molecule has 0 aliphatic carbocycles. The normalized spacial score (nSPS) is 14.0. The quantitative estimate of drug-likeness (QED) is 0.859. The van der Waals surface area contributed by atoms with Crippen molar-refractivity contribution in [2.45, 2.75) is 19.1 Å². The number of hydrogen-bond acceptors (Lipinski definition) is 2. The Hall–Kier alpha value is -1.06. The summed E-state index contributed by atoms with van der Waals surface area (Å²) in [6.45, 7) is 2.48. The molecular weight excluding hydrogens is 293 g/mol. The van der Waals surface area contributed by atoms with Gasteiger partial charge in [-0.2, -0.15) is 0 Å². The molecule has 0 fully saturated rings. The Morgan fingerprint density at radius 2 is 1.70 bits per heavy atom. The smallest absolute Gasteiger partial charge is 0.0928 e. The van der Waals surface area contributed by atoms with E-state index in [-0.39, 0.29) is 6.04 Å². The maximum Gasteiger partial charge on any atom is 0.0928 e. The van der Waals surface area contributed by atoms with Crippen LogP contribution >= 0.6 is 23.2 Å². The minimum Gasteiger partial charge on any atom is -0.387 e. The summed E-state index contributed by atoms with van der Waals surface area (Å²) in [5.74, 6) is 0. The largest absolute Gasteiger partial charge is 0.387 e. The fraction of sp³-hybridized carbons (Fsp3) is 0.250. The minimum absolute atomic E-state index is 0.129. The van der Waals surface area contributed by atoms with Crippen molar-refractivity contribution in [2.75, 3.05) is 6.54 Å². The molecule has 2 nitrogen and oxygen atoms in total. The van der Waals surface area contributed by atoms with Crippen molar-refractivity contribution in [3.05, 3.63) is 69.7 Å². The van der Waals surface area contributed by atoms with E-state index in [1.54, 1.807) is 6.07 Å². The van der Waals surface area contributed by atoms with E-state index in [1.807, 2.05) is 49.4 Å². The molecule has 2 N–H and O–H groups in total. The topological polar surface area (TPSA) is 32.3 Å². The van der Waals surface area contributed by atoms with E-state index in [0.717, 1.165) is 16.1 Å². The lowest BCUT2D eigenvalue weighted by atomic mass is 10.1. The second-order valence-corrected chi connectivity index (χ2v) is 5.56. The highest BCUT2D eigenvalue weighted by atomic mass is 35.5. The maximum atomic E-state index is 10.2. The first-order chi connectivity index (χ1) is 9.58. The zero-order valence-corrected chi connectivity index (χ0v) is 12.7. The van der Waals surface area contributed by atoms with E-state index in [9.17, 15) is 5.11 Å². The van der Waals surface area contributed by atoms with Crippen LogP contribution in [0.2, 0.25) is 10.0 Å². The van der Waals surface area contributed by atoms with Gasteiger partial charge in [-0.15, -0.1) is 0 Å². The monoisotopic (exact) mass is 309 g/mol. The number of aliphatic hydroxyl groups excluding tert-OH is 1. The predicted molar refractivity (Wildman–Crippen MR) is 84.3 cm³/mol. The fourth-order valence-electron chi connectivity index (χ4n) is 2.01. The molecule has 4 heteroatoms. The van der Waals surface area contributed by atoms with E-state index in [2.05, 4.69) is 5.32 Å². The molecule has 2 atom stereocenters. The highest BCUT2D eigenvalue weighted by molar-refractivity contribution is 6.31. The molecule has 0 amide bonds. The SMILES string of the molecule is CC(NCC(O)c1ccccc1Cl)c1ccc(Cl)cc1. The van der Waals surface area contributed by atoms with Gasteiger partial charge in [0.2, 0.25) is 0 Å². The minimum atomic E-state index is -0.626. The fourth-order valence-corrected chi connectivity index (χ4v) is 2.40. The lowest BCUT2D eigenvalue weighted by molar-refractivity contribution is 0.171. The molecule has 0 saturated carbocycles. The van der Waals surface area contributed by atoms with E-state index in [0.29, 0.717) is 11.6 Å². The Kier molecular flexibility index (Phi) is 5.44. The van der Waals surface area contributed by atoms with Gasteiger partial charge in [-0.3, -0.25) is 0 Å². The van der Waals surface area contributed by atoms with Gasteiger partial charge in [0.15, 0.2) is 0 Å². The molecule has 0 saturated heterocycles. The molecule has 2 rings (SSSR count). The Bertz CT molecular complexity index is 557. The van der Waals surface area contributed by atoms with Crippen LogP contribution in [0.3, 0.4) is 0 Å². The maximum absolute atomic E-state index is 10.2. The van der Waals surface area contributed by atoms with E-state index >= 15 is 0 Å². The van der Waals surface area contributed by atoms with Crippen molar-refractivity contribution in [3.63, 3.8) is 0 Å². The summed E-state index contributed by atoms with van der Waals surface area (Å²) >= 11 is 11.9. The van der Waals surface area contributed by atoms with Crippen LogP contribution in [-0.4, -0.2) is 11.7 Å². The molecule has 0 aliphatic rings. The highest BCUT2D eigenvalue weighted by Crippen LogP contribution is 2.23. The van der Waals surface area contributed by atoms with Crippen LogP contribution in [0.4, 0.5) is 0 Å². The molecule has 2 unspecified atom stereocenters. The molecule has 0 spiro atoms. The van der Waals surface area contributed by atoms with Crippen LogP contribution in [0.15, 0.2) is 48.5 Å². The molecule has 0 bridgehead atoms. The van der Waals surface area contributed by atoms with Gasteiger partial charge in [-0.1, -0.05) is 53.5 Å². The van der Waals surface area contributed by atoms with Crippen LogP contribution < -0.4 is 5.32 Å². The van der Waals surface area contributed by atoms with Gasteiger partial charge in [0.05, 0.1) is 6.10 Å². The molecule has 0 aromatic heterocycles. The molecular formula is C16H17Cl2NO. The average Bonchev–Trinajstić information content (AvgIpc) is 2.45. The van der Waals surface area contributed by atoms with Crippen molar-refractivity contribution in [2.24, 2.45) is 0 Å². The lowest BCUT2D eigenvalue weighted by Crippen LogP contribution is -2.24. The van der Waals surface area contributed by atoms with Crippen molar-refractivity contribution in [1.82, 2.24) is 5.32 Å². The van der Waals surface area contributed by atoms with E-state index in [4.69, 9.17) is 23.2 Å². The number of hydrogen-bond donors (Lipinski definition) is 2. The average molecular weight is 310 g/mol. The molecule has 0 aliphatic heterocycles. The summed E-state index contributed by atoms with van der Waals surface area (Å²) in [7, 11) is 0. The Labute approximate surface area is 129 Å². The van der Waals surface area contributed by atoms with Crippen molar-refractivity contribution >= 4 is 23.2 Å². The Balaban J connectivity index is 1.95. The number of nitrogens with one attached hydrogen (secondary N) is 1. The van der Waals surface area contributed by atoms with Gasteiger partial charge in [-0.25, -0.2) is 0 Å². The number of rotatable bonds is 5. The molecule has 0 radical (unpaired) electrons. The summed E-state index contributed by atoms with van der Waals surface area (Å²) in [5, 5.41) is 14.8. The van der Waals surface area contributed by atoms with Crippen LogP contribution in [0, 0.1) is 0 Å². The summed E-state index contributed by atoms with van der Waals surface area (Å²) in [5.41, 5.74) is 1.87. The van der Waals surface area contributed by atoms with Crippen LogP contribution in [0.1, 0.15) is 30.2 Å². The summed E-state index contributed by atoms with van der Waals surface area (Å²) in [6.07, 6.45) is -0.626. The van der Waals surface area contributed by atoms with Gasteiger partial charge in [-0.05, 0) is 30.7 Å². The van der Waals surface area contributed by atoms with Crippen molar-refractivity contribution in [1.29, 1.82) is 0 Å². The van der Waals surface area contributed by atoms with Gasteiger partial charge in [0.1, 0.15) is 0 Å². The third-order valence-corrected chi connectivity index (χ3v) is 3.85. The first-order valence-corrected chi connectivity index (χ1v) is 7.25. The van der Waals surface area contributed by atoms with Crippen LogP contribution in [0.5, 0.6) is 0 Å². The van der Waals surface area contributed by atoms with Gasteiger partial charge in [0, 0.05) is 28.2 Å². The number of benzene rings is 2. The van der Waals surface area contributed by atoms with Crippen molar-refractivity contribution in [3.8, 4) is 0 Å². The third-order valence-electron chi connectivity index (χ3n) is 3.25. The Morgan fingerprint density at radius 3 is 2.35 bits per heavy atom. The van der Waals surface area contributed by atoms with E-state index in [1.165, 1.54) is 0 Å². The molecule has 2 aromatic rings. The highest BCUT2D eigenvalue weighted by Gasteiger charge is 2.12. The summed E-state index contributed by atoms with van der Waals surface area (Å²) in [6, 6.07) is 15.1. The number of aliphatic hydroxyl groups is 1. The zero-order chi connectivity index (χ0) is 14.5. The molecule has 0 heterocycles. The molecule has 106 valence electrons. The first kappa shape index (κ1) is 15.3. The van der Waals surface area contributed by atoms with Gasteiger partial charge in [0.25, 0.3) is 0 Å². The standard InChI is InChI=1S/C16H17Cl2NO/c1-11(12-6-8-13(17)9-7-12)19-10-16(20)14-4-2-3-5-15(14)18/h2-9,11,16,19-20H,10H2,1H3. The summed E-state index contributed by atoms with van der Waals surface area (Å²) < 4.78 is 0. The van der Waals surface area contributed by atoms with Crippen molar-refractivity contribution < 1.29 is 5.11 Å². The zero-order valence-electron chi connectivity index (χ0n) is 11.2. The Morgan fingerprint density at radius 1 is 1.05 bits per heavy atom. The lowest BCUT2D eigenvalue weighted by Gasteiger charge is -2.18. The molecule has 2 aromatic carbocycles. The third kappa shape index (κ3) is 3.97. The number of halogens is 2. The van der Waals surface area contributed by atoms with Gasteiger partial charge >= 0.3 is 0 Å². The van der Waals surface area contributed by atoms with Gasteiger partial charge < -0.3 is 10.4 Å². The molecule has 20 heavy (non-hydrogen) atoms.